The predicted octanol–water partition coefficient (Wildman–Crippen LogP) is 1.56. The summed E-state index contributed by atoms with van der Waals surface area (Å²) in [6.45, 7) is 2.36. The molecule has 1 atom stereocenters. The van der Waals surface area contributed by atoms with Gasteiger partial charge in [0.05, 0.1) is 6.54 Å². The van der Waals surface area contributed by atoms with E-state index in [1.54, 1.807) is 10.8 Å². The zero-order chi connectivity index (χ0) is 12.5. The molecule has 0 bridgehead atoms. The smallest absolute Gasteiger partial charge is 0.347 e. The second-order valence-electron chi connectivity index (χ2n) is 4.56. The number of rotatable bonds is 2. The minimum Gasteiger partial charge on any atom is -0.488 e. The Balaban J connectivity index is 1.78. The fraction of sp³-hybridized carbons (Fsp3) is 0.286. The van der Waals surface area contributed by atoms with Crippen LogP contribution in [0.15, 0.2) is 41.3 Å². The second-order valence-corrected chi connectivity index (χ2v) is 4.56. The maximum absolute atomic E-state index is 11.7. The van der Waals surface area contributed by atoms with Crippen molar-refractivity contribution < 1.29 is 4.74 Å². The molecule has 0 spiro atoms. The largest absolute Gasteiger partial charge is 0.488 e. The highest BCUT2D eigenvalue weighted by atomic mass is 16.5. The number of hydrogen-bond acceptors (Lipinski definition) is 3. The van der Waals surface area contributed by atoms with Gasteiger partial charge in [-0.15, -0.1) is 0 Å². The molecule has 1 aliphatic heterocycles. The molecule has 1 aromatic heterocycles. The first kappa shape index (κ1) is 11.0. The topological polar surface area (TPSA) is 44.1 Å². The SMILES string of the molecule is Cc1ccn(CC2Cc3ccccc3O2)c(=O)n1. The van der Waals surface area contributed by atoms with Crippen LogP contribution in [0.2, 0.25) is 0 Å². The summed E-state index contributed by atoms with van der Waals surface area (Å²) in [4.78, 5) is 15.6. The molecule has 4 nitrogen and oxygen atoms in total. The fourth-order valence-corrected chi connectivity index (χ4v) is 2.23. The normalized spacial score (nSPS) is 17.3. The quantitative estimate of drug-likeness (QED) is 0.802. The number of ether oxygens (including phenoxy) is 1. The van der Waals surface area contributed by atoms with Gasteiger partial charge in [0.2, 0.25) is 0 Å². The van der Waals surface area contributed by atoms with Crippen molar-refractivity contribution in [2.45, 2.75) is 26.0 Å². The average Bonchev–Trinajstić information content (AvgIpc) is 2.75. The molecule has 0 fully saturated rings. The summed E-state index contributed by atoms with van der Waals surface area (Å²) in [6, 6.07) is 9.82. The number of hydrogen-bond donors (Lipinski definition) is 0. The molecule has 1 aliphatic rings. The second kappa shape index (κ2) is 4.29. The Morgan fingerprint density at radius 2 is 2.22 bits per heavy atom. The molecule has 3 rings (SSSR count). The molecule has 0 radical (unpaired) electrons. The molecule has 0 saturated heterocycles. The summed E-state index contributed by atoms with van der Waals surface area (Å²) in [5, 5.41) is 0. The van der Waals surface area contributed by atoms with Gasteiger partial charge in [0, 0.05) is 18.3 Å². The lowest BCUT2D eigenvalue weighted by atomic mass is 10.1. The zero-order valence-electron chi connectivity index (χ0n) is 10.2. The molecule has 1 unspecified atom stereocenters. The number of benzene rings is 1. The van der Waals surface area contributed by atoms with E-state index in [4.69, 9.17) is 4.74 Å². The third-order valence-electron chi connectivity index (χ3n) is 3.13. The van der Waals surface area contributed by atoms with Crippen LogP contribution < -0.4 is 10.4 Å². The maximum atomic E-state index is 11.7. The van der Waals surface area contributed by atoms with Gasteiger partial charge in [-0.25, -0.2) is 4.79 Å². The van der Waals surface area contributed by atoms with E-state index in [-0.39, 0.29) is 11.8 Å². The highest BCUT2D eigenvalue weighted by Gasteiger charge is 2.22. The lowest BCUT2D eigenvalue weighted by Crippen LogP contribution is -2.30. The lowest BCUT2D eigenvalue weighted by molar-refractivity contribution is 0.206. The van der Waals surface area contributed by atoms with Crippen LogP contribution in [-0.4, -0.2) is 15.7 Å². The molecule has 0 amide bonds. The van der Waals surface area contributed by atoms with Gasteiger partial charge in [-0.3, -0.25) is 4.57 Å². The lowest BCUT2D eigenvalue weighted by Gasteiger charge is -2.12. The van der Waals surface area contributed by atoms with Gasteiger partial charge in [-0.1, -0.05) is 18.2 Å². The van der Waals surface area contributed by atoms with Crippen LogP contribution in [-0.2, 0) is 13.0 Å². The summed E-state index contributed by atoms with van der Waals surface area (Å²) >= 11 is 0. The van der Waals surface area contributed by atoms with E-state index in [2.05, 4.69) is 11.1 Å². The number of aromatic nitrogens is 2. The van der Waals surface area contributed by atoms with Crippen molar-refractivity contribution in [3.05, 3.63) is 58.3 Å². The van der Waals surface area contributed by atoms with E-state index < -0.39 is 0 Å². The van der Waals surface area contributed by atoms with E-state index >= 15 is 0 Å². The van der Waals surface area contributed by atoms with Crippen LogP contribution >= 0.6 is 0 Å². The van der Waals surface area contributed by atoms with Crippen molar-refractivity contribution in [3.63, 3.8) is 0 Å². The molecular weight excluding hydrogens is 228 g/mol. The van der Waals surface area contributed by atoms with Crippen LogP contribution in [0, 0.1) is 6.92 Å². The van der Waals surface area contributed by atoms with Gasteiger partial charge in [0.1, 0.15) is 11.9 Å². The molecular formula is C14H14N2O2. The van der Waals surface area contributed by atoms with Crippen LogP contribution in [0.1, 0.15) is 11.3 Å². The molecule has 18 heavy (non-hydrogen) atoms. The fourth-order valence-electron chi connectivity index (χ4n) is 2.23. The van der Waals surface area contributed by atoms with Gasteiger partial charge in [-0.2, -0.15) is 4.98 Å². The third kappa shape index (κ3) is 2.01. The molecule has 92 valence electrons. The van der Waals surface area contributed by atoms with Crippen LogP contribution in [0.4, 0.5) is 0 Å². The first-order valence-electron chi connectivity index (χ1n) is 6.01. The van der Waals surface area contributed by atoms with E-state index in [1.165, 1.54) is 5.56 Å². The van der Waals surface area contributed by atoms with Gasteiger partial charge in [-0.05, 0) is 24.6 Å². The Bertz CT molecular complexity index is 609. The van der Waals surface area contributed by atoms with Gasteiger partial charge in [0.25, 0.3) is 0 Å². The van der Waals surface area contributed by atoms with E-state index in [1.807, 2.05) is 31.2 Å². The van der Waals surface area contributed by atoms with Gasteiger partial charge < -0.3 is 4.74 Å². The monoisotopic (exact) mass is 242 g/mol. The summed E-state index contributed by atoms with van der Waals surface area (Å²) in [5.74, 6) is 0.926. The van der Waals surface area contributed by atoms with E-state index in [0.29, 0.717) is 6.54 Å². The number of nitrogens with zero attached hydrogens (tertiary/aromatic N) is 2. The Hall–Kier alpha value is -2.10. The maximum Gasteiger partial charge on any atom is 0.347 e. The van der Waals surface area contributed by atoms with Crippen molar-refractivity contribution in [2.24, 2.45) is 0 Å². The number of fused-ring (bicyclic) bond motifs is 1. The standard InChI is InChI=1S/C14H14N2O2/c1-10-6-7-16(14(17)15-10)9-12-8-11-4-2-3-5-13(11)18-12/h2-7,12H,8-9H2,1H3. The minimum atomic E-state index is -0.213. The Morgan fingerprint density at radius 1 is 1.39 bits per heavy atom. The minimum absolute atomic E-state index is 0.0182. The summed E-state index contributed by atoms with van der Waals surface area (Å²) in [5.41, 5.74) is 1.73. The first-order valence-corrected chi connectivity index (χ1v) is 6.01. The predicted molar refractivity (Wildman–Crippen MR) is 67.8 cm³/mol. The van der Waals surface area contributed by atoms with Gasteiger partial charge >= 0.3 is 5.69 Å². The molecule has 4 heteroatoms. The molecule has 0 aliphatic carbocycles. The summed E-state index contributed by atoms with van der Waals surface area (Å²) in [6.07, 6.45) is 2.64. The van der Waals surface area contributed by atoms with E-state index in [9.17, 15) is 4.79 Å². The van der Waals surface area contributed by atoms with Crippen LogP contribution in [0.25, 0.3) is 0 Å². The molecule has 1 aromatic carbocycles. The van der Waals surface area contributed by atoms with E-state index in [0.717, 1.165) is 17.9 Å². The first-order chi connectivity index (χ1) is 8.72. The molecule has 2 heterocycles. The zero-order valence-corrected chi connectivity index (χ0v) is 10.2. The van der Waals surface area contributed by atoms with Crippen molar-refractivity contribution in [2.75, 3.05) is 0 Å². The van der Waals surface area contributed by atoms with Crippen molar-refractivity contribution in [1.82, 2.24) is 9.55 Å². The average molecular weight is 242 g/mol. The van der Waals surface area contributed by atoms with Crippen LogP contribution in [0.5, 0.6) is 5.75 Å². The number of aryl methyl sites for hydroxylation is 1. The van der Waals surface area contributed by atoms with Crippen molar-refractivity contribution in [3.8, 4) is 5.75 Å². The van der Waals surface area contributed by atoms with Crippen LogP contribution in [0.3, 0.4) is 0 Å². The molecule has 0 saturated carbocycles. The summed E-state index contributed by atoms with van der Waals surface area (Å²) in [7, 11) is 0. The van der Waals surface area contributed by atoms with Gasteiger partial charge in [0.15, 0.2) is 0 Å². The molecule has 0 N–H and O–H groups in total. The number of para-hydroxylation sites is 1. The highest BCUT2D eigenvalue weighted by Crippen LogP contribution is 2.28. The highest BCUT2D eigenvalue weighted by molar-refractivity contribution is 5.37. The van der Waals surface area contributed by atoms with Crippen molar-refractivity contribution in [1.29, 1.82) is 0 Å². The molecule has 2 aromatic rings. The Labute approximate surface area is 105 Å². The Kier molecular flexibility index (Phi) is 2.63. The summed E-state index contributed by atoms with van der Waals surface area (Å²) < 4.78 is 7.41. The van der Waals surface area contributed by atoms with Crippen molar-refractivity contribution >= 4 is 0 Å². The Morgan fingerprint density at radius 3 is 3.00 bits per heavy atom. The third-order valence-corrected chi connectivity index (χ3v) is 3.13.